The highest BCUT2D eigenvalue weighted by Crippen LogP contribution is 2.52. The molecule has 2 aromatic carbocycles. The van der Waals surface area contributed by atoms with Crippen LogP contribution in [-0.2, 0) is 70.5 Å². The minimum Gasteiger partial charge on any atom is -0.395 e. The Balaban J connectivity index is 1.62. The standard InChI is InChI=1S/C40H51N3O17S4/c1-27(24-35-40(3,17-8-22-62(51,52)53)31-26-29(64(57,58)59)11-13-33(31)42(35)19-20-44)23-34-39(2,16-7-21-61(48,49)50)30-25-28(63(54,55)56)10-12-32(30)41(34)18-6-4-5-9-38(47)60-43-36(45)14-15-37(43)46/h10-13,23-26,44H,4-9,14-22H2,1-3H3,(H3-,48,49,50,51,52,53,54,55,56,57,58,59)/p+1. The third-order valence-electron chi connectivity index (χ3n) is 11.7. The van der Waals surface area contributed by atoms with E-state index in [1.807, 2.05) is 4.58 Å². The zero-order valence-electron chi connectivity index (χ0n) is 35.3. The number of hydrogen-bond donors (Lipinski definition) is 5. The molecule has 0 aromatic heterocycles. The molecule has 1 saturated heterocycles. The van der Waals surface area contributed by atoms with E-state index in [1.165, 1.54) is 36.4 Å². The zero-order valence-corrected chi connectivity index (χ0v) is 38.6. The number of rotatable bonds is 21. The highest BCUT2D eigenvalue weighted by Gasteiger charge is 2.49. The Labute approximate surface area is 372 Å². The van der Waals surface area contributed by atoms with Crippen molar-refractivity contribution < 1.29 is 80.8 Å². The Morgan fingerprint density at radius 2 is 1.31 bits per heavy atom. The van der Waals surface area contributed by atoms with E-state index in [1.54, 1.807) is 37.8 Å². The lowest BCUT2D eigenvalue weighted by Gasteiger charge is -2.30. The van der Waals surface area contributed by atoms with Gasteiger partial charge >= 0.3 is 5.97 Å². The SMILES string of the molecule is CC(=C\C1=[N+](CCCCCC(=O)ON2C(=O)CCC2=O)c2ccc(S(=O)(=O)O)cc2C1(C)CCCS(=O)(=O)O)/C=C1/N(CCO)c2ccc(S(=O)(=O)O)cc2C1(C)CCCS(=O)(=O)O. The summed E-state index contributed by atoms with van der Waals surface area (Å²) in [5.41, 5.74) is 0.866. The highest BCUT2D eigenvalue weighted by molar-refractivity contribution is 7.86. The number of carbonyl (C=O) groups is 3. The lowest BCUT2D eigenvalue weighted by molar-refractivity contribution is -0.438. The Morgan fingerprint density at radius 3 is 1.86 bits per heavy atom. The largest absolute Gasteiger partial charge is 0.395 e. The topological polar surface area (TPSA) is 308 Å². The summed E-state index contributed by atoms with van der Waals surface area (Å²) in [5.74, 6) is -3.27. The lowest BCUT2D eigenvalue weighted by Crippen LogP contribution is -2.33. The second-order valence-corrected chi connectivity index (χ2v) is 22.4. The van der Waals surface area contributed by atoms with E-state index in [9.17, 15) is 71.4 Å². The first-order chi connectivity index (χ1) is 29.6. The fourth-order valence-corrected chi connectivity index (χ4v) is 10.7. The van der Waals surface area contributed by atoms with Crippen molar-refractivity contribution in [3.05, 3.63) is 70.9 Å². The maximum absolute atomic E-state index is 12.5. The molecule has 20 nitrogen and oxygen atoms in total. The van der Waals surface area contributed by atoms with Crippen LogP contribution in [0.1, 0.15) is 96.1 Å². The van der Waals surface area contributed by atoms with Gasteiger partial charge in [-0.15, -0.1) is 5.06 Å². The van der Waals surface area contributed by atoms with Crippen molar-refractivity contribution in [3.8, 4) is 0 Å². The zero-order chi connectivity index (χ0) is 47.6. The van der Waals surface area contributed by atoms with E-state index < -0.39 is 90.4 Å². The second-order valence-electron chi connectivity index (χ2n) is 16.4. The smallest absolute Gasteiger partial charge is 0.333 e. The molecule has 1 fully saturated rings. The molecule has 64 heavy (non-hydrogen) atoms. The summed E-state index contributed by atoms with van der Waals surface area (Å²) in [6.45, 7) is 5.03. The minimum absolute atomic E-state index is 0.0106. The molecule has 5 N–H and O–H groups in total. The molecule has 3 aliphatic heterocycles. The maximum atomic E-state index is 12.5. The van der Waals surface area contributed by atoms with E-state index in [2.05, 4.69) is 0 Å². The van der Waals surface area contributed by atoms with E-state index in [-0.39, 0.29) is 71.1 Å². The van der Waals surface area contributed by atoms with Gasteiger partial charge in [0.2, 0.25) is 5.69 Å². The Bertz CT molecular complexity index is 2750. The number of benzene rings is 2. The van der Waals surface area contributed by atoms with Gasteiger partial charge in [0, 0.05) is 66.7 Å². The molecule has 5 rings (SSSR count). The van der Waals surface area contributed by atoms with Crippen LogP contribution in [0.5, 0.6) is 0 Å². The molecule has 2 unspecified atom stereocenters. The summed E-state index contributed by atoms with van der Waals surface area (Å²) >= 11 is 0. The molecule has 0 spiro atoms. The number of aliphatic hydroxyl groups excluding tert-OH is 1. The van der Waals surface area contributed by atoms with Crippen LogP contribution in [0.15, 0.2) is 69.6 Å². The van der Waals surface area contributed by atoms with Crippen LogP contribution in [0.25, 0.3) is 0 Å². The molecule has 0 aliphatic carbocycles. The molecule has 0 bridgehead atoms. The van der Waals surface area contributed by atoms with E-state index >= 15 is 0 Å². The molecular weight excluding hydrogens is 923 g/mol. The van der Waals surface area contributed by atoms with Gasteiger partial charge in [0.15, 0.2) is 5.71 Å². The molecule has 2 aromatic rings. The van der Waals surface area contributed by atoms with E-state index in [0.717, 1.165) is 0 Å². The first-order valence-corrected chi connectivity index (χ1v) is 26.3. The van der Waals surface area contributed by atoms with Gasteiger partial charge in [-0.2, -0.15) is 38.2 Å². The van der Waals surface area contributed by atoms with Crippen molar-refractivity contribution >= 4 is 75.3 Å². The third kappa shape index (κ3) is 11.7. The van der Waals surface area contributed by atoms with Gasteiger partial charge in [-0.3, -0.25) is 27.8 Å². The number of carbonyl (C=O) groups excluding carboxylic acids is 3. The molecule has 0 radical (unpaired) electrons. The van der Waals surface area contributed by atoms with E-state index in [0.29, 0.717) is 57.4 Å². The van der Waals surface area contributed by atoms with Gasteiger partial charge in [0.05, 0.1) is 33.3 Å². The summed E-state index contributed by atoms with van der Waals surface area (Å²) in [7, 11) is -18.3. The van der Waals surface area contributed by atoms with Crippen LogP contribution in [0.2, 0.25) is 0 Å². The Morgan fingerprint density at radius 1 is 0.766 bits per heavy atom. The van der Waals surface area contributed by atoms with Crippen LogP contribution in [-0.4, -0.2) is 121 Å². The average molecular weight is 975 g/mol. The highest BCUT2D eigenvalue weighted by atomic mass is 32.2. The predicted molar refractivity (Wildman–Crippen MR) is 230 cm³/mol. The van der Waals surface area contributed by atoms with Crippen molar-refractivity contribution in [2.45, 2.75) is 106 Å². The van der Waals surface area contributed by atoms with E-state index in [4.69, 9.17) is 4.84 Å². The van der Waals surface area contributed by atoms with Crippen molar-refractivity contribution in [2.75, 3.05) is 36.1 Å². The summed E-state index contributed by atoms with van der Waals surface area (Å²) in [6, 6.07) is 7.88. The number of imide groups is 1. The molecule has 3 heterocycles. The molecule has 24 heteroatoms. The normalized spacial score (nSPS) is 21.3. The molecule has 2 atom stereocenters. The number of hydrogen-bond acceptors (Lipinski definition) is 14. The summed E-state index contributed by atoms with van der Waals surface area (Å²) in [4.78, 5) is 42.1. The number of amides is 2. The quantitative estimate of drug-likeness (QED) is 0.0516. The monoisotopic (exact) mass is 974 g/mol. The van der Waals surface area contributed by atoms with Gasteiger partial charge in [0.1, 0.15) is 6.54 Å². The average Bonchev–Trinajstić information content (AvgIpc) is 3.69. The summed E-state index contributed by atoms with van der Waals surface area (Å²) in [5, 5.41) is 10.7. The lowest BCUT2D eigenvalue weighted by atomic mass is 9.75. The Kier molecular flexibility index (Phi) is 15.2. The summed E-state index contributed by atoms with van der Waals surface area (Å²) in [6.07, 6.45) is 4.26. The molecule has 3 aliphatic rings. The third-order valence-corrected chi connectivity index (χ3v) is 15.0. The predicted octanol–water partition coefficient (Wildman–Crippen LogP) is 3.64. The van der Waals surface area contributed by atoms with Gasteiger partial charge in [0.25, 0.3) is 52.3 Å². The second kappa shape index (κ2) is 19.2. The van der Waals surface area contributed by atoms with Crippen molar-refractivity contribution in [1.82, 2.24) is 5.06 Å². The van der Waals surface area contributed by atoms with Gasteiger partial charge in [-0.05, 0) is 107 Å². The first-order valence-electron chi connectivity index (χ1n) is 20.2. The van der Waals surface area contributed by atoms with Crippen LogP contribution < -0.4 is 4.90 Å². The van der Waals surface area contributed by atoms with Crippen molar-refractivity contribution in [3.63, 3.8) is 0 Å². The number of anilines is 1. The van der Waals surface area contributed by atoms with Crippen LogP contribution in [0.4, 0.5) is 11.4 Å². The minimum atomic E-state index is -4.73. The van der Waals surface area contributed by atoms with Gasteiger partial charge in [-0.25, -0.2) is 4.79 Å². The van der Waals surface area contributed by atoms with Crippen molar-refractivity contribution in [1.29, 1.82) is 0 Å². The summed E-state index contributed by atoms with van der Waals surface area (Å²) < 4.78 is 138. The Hall–Kier alpha value is -4.40. The molecule has 352 valence electrons. The fourth-order valence-electron chi connectivity index (χ4n) is 8.63. The van der Waals surface area contributed by atoms with Crippen LogP contribution >= 0.6 is 0 Å². The number of aliphatic hydroxyl groups is 1. The van der Waals surface area contributed by atoms with Gasteiger partial charge in [-0.1, -0.05) is 0 Å². The van der Waals surface area contributed by atoms with Gasteiger partial charge < -0.3 is 14.8 Å². The number of fused-ring (bicyclic) bond motifs is 2. The molecule has 2 amide bonds. The number of hydroxylamine groups is 2. The molecular formula is C40H52N3O17S4+. The first kappa shape index (κ1) is 50.6. The number of β-amino-alcohol motifs (C(OH)–C–C–N with tert-alkyl or cyclic N) is 1. The molecule has 0 saturated carbocycles. The fraction of sp³-hybridized carbons (Fsp3) is 0.500. The number of nitrogens with zero attached hydrogens (tertiary/aromatic N) is 3. The number of unbranched alkanes of at least 4 members (excludes halogenated alkanes) is 2. The van der Waals surface area contributed by atoms with Crippen molar-refractivity contribution in [2.24, 2.45) is 0 Å². The number of allylic oxidation sites excluding steroid dienone is 4. The van der Waals surface area contributed by atoms with Crippen LogP contribution in [0.3, 0.4) is 0 Å². The maximum Gasteiger partial charge on any atom is 0.333 e. The van der Waals surface area contributed by atoms with Crippen LogP contribution in [0, 0.1) is 0 Å².